The molecule has 0 spiro atoms. The number of hydrogen-bond donors (Lipinski definition) is 2. The molecule has 3 heteroatoms. The van der Waals surface area contributed by atoms with Crippen LogP contribution < -0.4 is 0 Å². The fourth-order valence-corrected chi connectivity index (χ4v) is 2.76. The van der Waals surface area contributed by atoms with Crippen LogP contribution in [0.4, 0.5) is 0 Å². The van der Waals surface area contributed by atoms with E-state index in [-0.39, 0.29) is 0 Å². The summed E-state index contributed by atoms with van der Waals surface area (Å²) in [6, 6.07) is 18.7. The van der Waals surface area contributed by atoms with Crippen LogP contribution >= 0.6 is 12.6 Å². The second kappa shape index (κ2) is 5.93. The van der Waals surface area contributed by atoms with Crippen LogP contribution in [0.1, 0.15) is 17.5 Å². The quantitative estimate of drug-likeness (QED) is 0.819. The van der Waals surface area contributed by atoms with E-state index in [2.05, 4.69) is 12.6 Å². The van der Waals surface area contributed by atoms with Gasteiger partial charge in [0.1, 0.15) is 5.41 Å². The SMILES string of the molecule is O=C(O)C(CCS)(c1ccccc1)c1ccccc1. The van der Waals surface area contributed by atoms with E-state index in [1.165, 1.54) is 0 Å². The third-order valence-corrected chi connectivity index (χ3v) is 3.61. The van der Waals surface area contributed by atoms with E-state index in [9.17, 15) is 9.90 Å². The van der Waals surface area contributed by atoms with Crippen LogP contribution in [-0.4, -0.2) is 16.8 Å². The van der Waals surface area contributed by atoms with E-state index in [1.807, 2.05) is 60.7 Å². The molecule has 0 aliphatic carbocycles. The minimum absolute atomic E-state index is 0.458. The molecule has 2 rings (SSSR count). The third kappa shape index (κ3) is 2.51. The molecule has 2 aromatic carbocycles. The van der Waals surface area contributed by atoms with Gasteiger partial charge in [-0.2, -0.15) is 12.6 Å². The molecule has 0 bridgehead atoms. The smallest absolute Gasteiger partial charge is 0.318 e. The maximum atomic E-state index is 12.0. The summed E-state index contributed by atoms with van der Waals surface area (Å²) in [5.74, 6) is -0.324. The van der Waals surface area contributed by atoms with Gasteiger partial charge in [0.15, 0.2) is 0 Å². The van der Waals surface area contributed by atoms with Crippen molar-refractivity contribution in [3.8, 4) is 0 Å². The lowest BCUT2D eigenvalue weighted by atomic mass is 9.72. The Bertz CT molecular complexity index is 498. The van der Waals surface area contributed by atoms with Crippen LogP contribution in [0.2, 0.25) is 0 Å². The molecule has 2 nitrogen and oxygen atoms in total. The van der Waals surface area contributed by atoms with Crippen LogP contribution in [-0.2, 0) is 10.2 Å². The Labute approximate surface area is 118 Å². The van der Waals surface area contributed by atoms with E-state index in [0.29, 0.717) is 12.2 Å². The van der Waals surface area contributed by atoms with Crippen molar-refractivity contribution in [1.29, 1.82) is 0 Å². The average Bonchev–Trinajstić information content (AvgIpc) is 2.46. The molecule has 0 heterocycles. The molecule has 0 amide bonds. The number of benzene rings is 2. The van der Waals surface area contributed by atoms with E-state index < -0.39 is 11.4 Å². The van der Waals surface area contributed by atoms with E-state index >= 15 is 0 Å². The van der Waals surface area contributed by atoms with Crippen LogP contribution in [0.15, 0.2) is 60.7 Å². The molecular weight excluding hydrogens is 256 g/mol. The Morgan fingerprint density at radius 3 is 1.68 bits per heavy atom. The van der Waals surface area contributed by atoms with Crippen molar-refractivity contribution < 1.29 is 9.90 Å². The van der Waals surface area contributed by atoms with Crippen molar-refractivity contribution in [2.75, 3.05) is 5.75 Å². The predicted octanol–water partition coefficient (Wildman–Crippen LogP) is 3.38. The van der Waals surface area contributed by atoms with Gasteiger partial charge < -0.3 is 5.11 Å². The summed E-state index contributed by atoms with van der Waals surface area (Å²) in [6.45, 7) is 0. The van der Waals surface area contributed by atoms with Crippen molar-refractivity contribution in [2.24, 2.45) is 0 Å². The lowest BCUT2D eigenvalue weighted by Crippen LogP contribution is -2.37. The lowest BCUT2D eigenvalue weighted by molar-refractivity contribution is -0.142. The van der Waals surface area contributed by atoms with Gasteiger partial charge in [0, 0.05) is 0 Å². The molecule has 0 aliphatic heterocycles. The summed E-state index contributed by atoms with van der Waals surface area (Å²) in [5, 5.41) is 9.83. The third-order valence-electron chi connectivity index (χ3n) is 3.39. The highest BCUT2D eigenvalue weighted by Crippen LogP contribution is 2.36. The van der Waals surface area contributed by atoms with Crippen molar-refractivity contribution in [2.45, 2.75) is 11.8 Å². The Morgan fingerprint density at radius 1 is 0.947 bits per heavy atom. The van der Waals surface area contributed by atoms with Crippen LogP contribution in [0.3, 0.4) is 0 Å². The molecule has 98 valence electrons. The van der Waals surface area contributed by atoms with Crippen LogP contribution in [0.25, 0.3) is 0 Å². The van der Waals surface area contributed by atoms with Crippen LogP contribution in [0.5, 0.6) is 0 Å². The second-order valence-electron chi connectivity index (χ2n) is 4.42. The molecule has 0 fully saturated rings. The first-order valence-electron chi connectivity index (χ1n) is 6.17. The Kier molecular flexibility index (Phi) is 4.27. The number of carbonyl (C=O) groups is 1. The Hall–Kier alpha value is -1.74. The summed E-state index contributed by atoms with van der Waals surface area (Å²) in [7, 11) is 0. The van der Waals surface area contributed by atoms with Gasteiger partial charge in [-0.05, 0) is 23.3 Å². The van der Waals surface area contributed by atoms with Gasteiger partial charge in [0.25, 0.3) is 0 Å². The Balaban J connectivity index is 2.65. The molecular formula is C16H16O2S. The number of aliphatic carboxylic acids is 1. The Morgan fingerprint density at radius 2 is 1.37 bits per heavy atom. The number of carboxylic acid groups (broad SMARTS) is 1. The predicted molar refractivity (Wildman–Crippen MR) is 79.8 cm³/mol. The van der Waals surface area contributed by atoms with Gasteiger partial charge in [-0.3, -0.25) is 4.79 Å². The van der Waals surface area contributed by atoms with Crippen molar-refractivity contribution in [1.82, 2.24) is 0 Å². The fourth-order valence-electron chi connectivity index (χ4n) is 2.42. The van der Waals surface area contributed by atoms with Gasteiger partial charge in [0.2, 0.25) is 0 Å². The first kappa shape index (κ1) is 13.7. The highest BCUT2D eigenvalue weighted by Gasteiger charge is 2.41. The van der Waals surface area contributed by atoms with Crippen molar-refractivity contribution in [3.05, 3.63) is 71.8 Å². The molecule has 0 atom stereocenters. The van der Waals surface area contributed by atoms with Crippen molar-refractivity contribution in [3.63, 3.8) is 0 Å². The summed E-state index contributed by atoms with van der Waals surface area (Å²) in [4.78, 5) is 12.0. The lowest BCUT2D eigenvalue weighted by Gasteiger charge is -2.30. The maximum Gasteiger partial charge on any atom is 0.318 e. The molecule has 2 aromatic rings. The number of carboxylic acids is 1. The fraction of sp³-hybridized carbons (Fsp3) is 0.188. The highest BCUT2D eigenvalue weighted by atomic mass is 32.1. The first-order chi connectivity index (χ1) is 9.21. The van der Waals surface area contributed by atoms with Gasteiger partial charge >= 0.3 is 5.97 Å². The molecule has 0 aliphatic rings. The minimum Gasteiger partial charge on any atom is -0.480 e. The summed E-state index contributed by atoms with van der Waals surface area (Å²) < 4.78 is 0. The zero-order valence-corrected chi connectivity index (χ0v) is 11.4. The summed E-state index contributed by atoms with van der Waals surface area (Å²) in [5.41, 5.74) is 0.565. The van der Waals surface area contributed by atoms with Gasteiger partial charge in [0.05, 0.1) is 0 Å². The normalized spacial score (nSPS) is 11.2. The number of rotatable bonds is 5. The molecule has 0 saturated carbocycles. The zero-order chi connectivity index (χ0) is 13.7. The van der Waals surface area contributed by atoms with E-state index in [0.717, 1.165) is 11.1 Å². The monoisotopic (exact) mass is 272 g/mol. The molecule has 19 heavy (non-hydrogen) atoms. The highest BCUT2D eigenvalue weighted by molar-refractivity contribution is 7.80. The van der Waals surface area contributed by atoms with Gasteiger partial charge in [-0.1, -0.05) is 60.7 Å². The molecule has 0 unspecified atom stereocenters. The summed E-state index contributed by atoms with van der Waals surface area (Å²) in [6.07, 6.45) is 0.458. The van der Waals surface area contributed by atoms with E-state index in [4.69, 9.17) is 0 Å². The largest absolute Gasteiger partial charge is 0.480 e. The maximum absolute atomic E-state index is 12.0. The van der Waals surface area contributed by atoms with Crippen molar-refractivity contribution >= 4 is 18.6 Å². The average molecular weight is 272 g/mol. The molecule has 1 N–H and O–H groups in total. The minimum atomic E-state index is -1.02. The van der Waals surface area contributed by atoms with Gasteiger partial charge in [-0.25, -0.2) is 0 Å². The van der Waals surface area contributed by atoms with Crippen LogP contribution in [0, 0.1) is 0 Å². The zero-order valence-electron chi connectivity index (χ0n) is 10.5. The van der Waals surface area contributed by atoms with Gasteiger partial charge in [-0.15, -0.1) is 0 Å². The first-order valence-corrected chi connectivity index (χ1v) is 6.80. The molecule has 0 aromatic heterocycles. The number of hydrogen-bond acceptors (Lipinski definition) is 2. The number of thiol groups is 1. The standard InChI is InChI=1S/C16H16O2S/c17-15(18)16(11-12-19,13-7-3-1-4-8-13)14-9-5-2-6-10-14/h1-10,19H,11-12H2,(H,17,18). The topological polar surface area (TPSA) is 37.3 Å². The van der Waals surface area contributed by atoms with E-state index in [1.54, 1.807) is 0 Å². The second-order valence-corrected chi connectivity index (χ2v) is 4.86. The molecule has 0 saturated heterocycles. The summed E-state index contributed by atoms with van der Waals surface area (Å²) >= 11 is 4.25. The molecule has 0 radical (unpaired) electrons.